The number of hydrogen-bond acceptors (Lipinski definition) is 3. The van der Waals surface area contributed by atoms with Gasteiger partial charge >= 0.3 is 6.18 Å². The molecule has 1 N–H and O–H groups in total. The van der Waals surface area contributed by atoms with Crippen LogP contribution in [-0.4, -0.2) is 11.0 Å². The summed E-state index contributed by atoms with van der Waals surface area (Å²) >= 11 is 1.31. The highest BCUT2D eigenvalue weighted by Crippen LogP contribution is 2.38. The second-order valence-electron chi connectivity index (χ2n) is 4.83. The third-order valence-electron chi connectivity index (χ3n) is 3.16. The van der Waals surface area contributed by atoms with E-state index in [0.29, 0.717) is 17.6 Å². The van der Waals surface area contributed by atoms with Gasteiger partial charge in [0, 0.05) is 29.2 Å². The maximum absolute atomic E-state index is 13.0. The van der Waals surface area contributed by atoms with Crippen LogP contribution in [0.4, 0.5) is 13.2 Å². The Kier molecular flexibility index (Phi) is 3.52. The average molecular weight is 298 g/mol. The zero-order valence-electron chi connectivity index (χ0n) is 10.6. The van der Waals surface area contributed by atoms with Crippen molar-refractivity contribution >= 4 is 11.3 Å². The van der Waals surface area contributed by atoms with Gasteiger partial charge in [-0.2, -0.15) is 13.2 Å². The molecule has 0 bridgehead atoms. The Morgan fingerprint density at radius 1 is 1.25 bits per heavy atom. The Hall–Kier alpha value is -1.40. The molecule has 1 saturated carbocycles. The van der Waals surface area contributed by atoms with Crippen molar-refractivity contribution in [3.05, 3.63) is 40.9 Å². The molecular weight excluding hydrogens is 285 g/mol. The van der Waals surface area contributed by atoms with Crippen LogP contribution in [0.1, 0.15) is 23.3 Å². The number of rotatable bonds is 4. The number of nitrogens with one attached hydrogen (secondary N) is 1. The fraction of sp³-hybridized carbons (Fsp3) is 0.357. The Labute approximate surface area is 118 Å². The lowest BCUT2D eigenvalue weighted by molar-refractivity contribution is -0.137. The molecular formula is C14H13F3N2S. The molecule has 2 aromatic rings. The number of aromatic nitrogens is 1. The van der Waals surface area contributed by atoms with E-state index in [0.717, 1.165) is 10.9 Å². The zero-order chi connectivity index (χ0) is 14.2. The molecule has 0 aliphatic heterocycles. The van der Waals surface area contributed by atoms with Crippen molar-refractivity contribution < 1.29 is 13.2 Å². The molecule has 0 atom stereocenters. The van der Waals surface area contributed by atoms with E-state index < -0.39 is 11.7 Å². The molecule has 2 nitrogen and oxygen atoms in total. The summed E-state index contributed by atoms with van der Waals surface area (Å²) in [5.74, 6) is 0. The second kappa shape index (κ2) is 5.18. The van der Waals surface area contributed by atoms with Gasteiger partial charge in [0.25, 0.3) is 0 Å². The quantitative estimate of drug-likeness (QED) is 0.920. The van der Waals surface area contributed by atoms with Crippen LogP contribution >= 0.6 is 11.3 Å². The molecule has 1 fully saturated rings. The topological polar surface area (TPSA) is 24.9 Å². The Morgan fingerprint density at radius 2 is 2.00 bits per heavy atom. The number of hydrogen-bond donors (Lipinski definition) is 1. The highest BCUT2D eigenvalue weighted by molar-refractivity contribution is 7.15. The van der Waals surface area contributed by atoms with Crippen molar-refractivity contribution in [2.45, 2.75) is 31.6 Å². The van der Waals surface area contributed by atoms with Gasteiger partial charge in [0.2, 0.25) is 0 Å². The van der Waals surface area contributed by atoms with Gasteiger partial charge in [0.1, 0.15) is 5.01 Å². The number of nitrogens with zero attached hydrogens (tertiary/aromatic N) is 1. The summed E-state index contributed by atoms with van der Waals surface area (Å²) in [5.41, 5.74) is -0.473. The minimum atomic E-state index is -4.35. The van der Waals surface area contributed by atoms with E-state index in [1.54, 1.807) is 12.3 Å². The standard InChI is InChI=1S/C14H13F3N2S/c15-14(16,17)12-4-2-1-3-11(12)13-19-8-10(20-13)7-18-9-5-6-9/h1-4,8-9,18H,5-7H2. The summed E-state index contributed by atoms with van der Waals surface area (Å²) in [6.45, 7) is 0.677. The third-order valence-corrected chi connectivity index (χ3v) is 4.19. The monoisotopic (exact) mass is 298 g/mol. The van der Waals surface area contributed by atoms with Crippen LogP contribution in [0.2, 0.25) is 0 Å². The number of benzene rings is 1. The number of alkyl halides is 3. The van der Waals surface area contributed by atoms with Crippen LogP contribution in [-0.2, 0) is 12.7 Å². The first-order valence-corrected chi connectivity index (χ1v) is 7.20. The van der Waals surface area contributed by atoms with E-state index in [2.05, 4.69) is 10.3 Å². The van der Waals surface area contributed by atoms with Crippen molar-refractivity contribution in [2.75, 3.05) is 0 Å². The summed E-state index contributed by atoms with van der Waals surface area (Å²) in [6.07, 6.45) is -0.331. The van der Waals surface area contributed by atoms with Crippen molar-refractivity contribution in [1.82, 2.24) is 10.3 Å². The highest BCUT2D eigenvalue weighted by Gasteiger charge is 2.34. The molecule has 1 aromatic heterocycles. The van der Waals surface area contributed by atoms with Gasteiger partial charge in [0.05, 0.1) is 5.56 Å². The molecule has 0 amide bonds. The molecule has 3 rings (SSSR count). The van der Waals surface area contributed by atoms with Crippen molar-refractivity contribution in [2.24, 2.45) is 0 Å². The molecule has 0 radical (unpaired) electrons. The fourth-order valence-electron chi connectivity index (χ4n) is 1.96. The predicted molar refractivity (Wildman–Crippen MR) is 72.4 cm³/mol. The smallest absolute Gasteiger partial charge is 0.309 e. The summed E-state index contributed by atoms with van der Waals surface area (Å²) in [5, 5.41) is 3.75. The summed E-state index contributed by atoms with van der Waals surface area (Å²) < 4.78 is 38.9. The maximum Gasteiger partial charge on any atom is 0.417 e. The van der Waals surface area contributed by atoms with Gasteiger partial charge in [-0.3, -0.25) is 0 Å². The lowest BCUT2D eigenvalue weighted by Crippen LogP contribution is -2.14. The zero-order valence-corrected chi connectivity index (χ0v) is 11.4. The van der Waals surface area contributed by atoms with E-state index in [9.17, 15) is 13.2 Å². The Morgan fingerprint density at radius 3 is 2.70 bits per heavy atom. The van der Waals surface area contributed by atoms with Crippen LogP contribution in [0.5, 0.6) is 0 Å². The van der Waals surface area contributed by atoms with Crippen LogP contribution in [0.3, 0.4) is 0 Å². The molecule has 0 spiro atoms. The van der Waals surface area contributed by atoms with Gasteiger partial charge in [-0.25, -0.2) is 4.98 Å². The first-order valence-electron chi connectivity index (χ1n) is 6.39. The summed E-state index contributed by atoms with van der Waals surface area (Å²) in [6, 6.07) is 6.14. The SMILES string of the molecule is FC(F)(F)c1ccccc1-c1ncc(CNC2CC2)s1. The van der Waals surface area contributed by atoms with Crippen LogP contribution < -0.4 is 5.32 Å². The van der Waals surface area contributed by atoms with E-state index in [1.807, 2.05) is 0 Å². The van der Waals surface area contributed by atoms with E-state index in [1.165, 1.54) is 36.3 Å². The van der Waals surface area contributed by atoms with Crippen molar-refractivity contribution in [3.8, 4) is 10.6 Å². The Balaban J connectivity index is 1.85. The molecule has 1 aromatic carbocycles. The third kappa shape index (κ3) is 3.02. The highest BCUT2D eigenvalue weighted by atomic mass is 32.1. The molecule has 0 unspecified atom stereocenters. The predicted octanol–water partition coefficient (Wildman–Crippen LogP) is 4.08. The lowest BCUT2D eigenvalue weighted by atomic mass is 10.1. The first-order chi connectivity index (χ1) is 9.54. The van der Waals surface area contributed by atoms with E-state index in [-0.39, 0.29) is 5.56 Å². The first kappa shape index (κ1) is 13.6. The number of thiazole rings is 1. The van der Waals surface area contributed by atoms with Gasteiger partial charge in [-0.15, -0.1) is 11.3 Å². The fourth-order valence-corrected chi connectivity index (χ4v) is 2.87. The van der Waals surface area contributed by atoms with E-state index >= 15 is 0 Å². The largest absolute Gasteiger partial charge is 0.417 e. The minimum absolute atomic E-state index is 0.155. The number of halogens is 3. The molecule has 6 heteroatoms. The van der Waals surface area contributed by atoms with Crippen LogP contribution in [0, 0.1) is 0 Å². The minimum Gasteiger partial charge on any atom is -0.309 e. The average Bonchev–Trinajstić information content (AvgIpc) is 3.12. The second-order valence-corrected chi connectivity index (χ2v) is 5.95. The normalized spacial score (nSPS) is 15.6. The van der Waals surface area contributed by atoms with Crippen LogP contribution in [0.15, 0.2) is 30.5 Å². The van der Waals surface area contributed by atoms with E-state index in [4.69, 9.17) is 0 Å². The molecule has 1 aliphatic rings. The maximum atomic E-state index is 13.0. The summed E-state index contributed by atoms with van der Waals surface area (Å²) in [4.78, 5) is 5.10. The molecule has 1 heterocycles. The summed E-state index contributed by atoms with van der Waals surface area (Å²) in [7, 11) is 0. The van der Waals surface area contributed by atoms with Gasteiger partial charge in [0.15, 0.2) is 0 Å². The molecule has 1 aliphatic carbocycles. The van der Waals surface area contributed by atoms with Gasteiger partial charge in [-0.05, 0) is 18.9 Å². The van der Waals surface area contributed by atoms with Gasteiger partial charge < -0.3 is 5.32 Å². The van der Waals surface area contributed by atoms with Gasteiger partial charge in [-0.1, -0.05) is 18.2 Å². The molecule has 106 valence electrons. The Bertz CT molecular complexity index is 602. The molecule has 20 heavy (non-hydrogen) atoms. The van der Waals surface area contributed by atoms with Crippen molar-refractivity contribution in [1.29, 1.82) is 0 Å². The van der Waals surface area contributed by atoms with Crippen LogP contribution in [0.25, 0.3) is 10.6 Å². The van der Waals surface area contributed by atoms with Crippen molar-refractivity contribution in [3.63, 3.8) is 0 Å². The lowest BCUT2D eigenvalue weighted by Gasteiger charge is -2.10. The molecule has 0 saturated heterocycles.